The lowest BCUT2D eigenvalue weighted by atomic mass is 9.83. The molecule has 1 atom stereocenters. The first-order chi connectivity index (χ1) is 19.5. The van der Waals surface area contributed by atoms with Crippen molar-refractivity contribution in [3.8, 4) is 11.1 Å². The number of quaternary nitrogens is 1. The molecule has 1 fully saturated rings. The molecule has 1 saturated carbocycles. The molecule has 0 aromatic heterocycles. The van der Waals surface area contributed by atoms with Crippen molar-refractivity contribution in [1.82, 2.24) is 4.59 Å². The maximum Gasteiger partial charge on any atom is 0.453 e. The van der Waals surface area contributed by atoms with E-state index in [2.05, 4.69) is 35.6 Å². The van der Waals surface area contributed by atoms with Crippen LogP contribution in [0.15, 0.2) is 108 Å². The van der Waals surface area contributed by atoms with Crippen molar-refractivity contribution >= 4 is 29.0 Å². The Hall–Kier alpha value is -4.55. The number of carbonyl (C=O) groups excluding carboxylic acids is 2. The van der Waals surface area contributed by atoms with E-state index >= 15 is 0 Å². The van der Waals surface area contributed by atoms with Crippen LogP contribution in [0.2, 0.25) is 0 Å². The van der Waals surface area contributed by atoms with Gasteiger partial charge >= 0.3 is 6.03 Å². The predicted octanol–water partition coefficient (Wildman–Crippen LogP) is 7.49. The Morgan fingerprint density at radius 3 is 2.17 bits per heavy atom. The molecular formula is C34H33N4O2+. The summed E-state index contributed by atoms with van der Waals surface area (Å²) in [4.78, 5) is 26.4. The molecule has 1 unspecified atom stereocenters. The SMILES string of the molecule is NC(=O)c1ccc([N+]2(Cc3ccccc3-c3ccccc3)N=C(C3CCCCC3)c3ccccc3NC2=O)cc1. The van der Waals surface area contributed by atoms with Crippen molar-refractivity contribution in [3.05, 3.63) is 120 Å². The van der Waals surface area contributed by atoms with Crippen molar-refractivity contribution in [2.24, 2.45) is 16.8 Å². The van der Waals surface area contributed by atoms with Gasteiger partial charge < -0.3 is 5.73 Å². The van der Waals surface area contributed by atoms with Gasteiger partial charge in [-0.3, -0.25) is 10.1 Å². The molecule has 40 heavy (non-hydrogen) atoms. The fraction of sp³-hybridized carbons (Fsp3) is 0.206. The zero-order valence-corrected chi connectivity index (χ0v) is 22.4. The van der Waals surface area contributed by atoms with Gasteiger partial charge in [0.25, 0.3) is 0 Å². The van der Waals surface area contributed by atoms with Gasteiger partial charge in [-0.25, -0.2) is 4.79 Å². The maximum atomic E-state index is 14.5. The van der Waals surface area contributed by atoms with Gasteiger partial charge in [-0.1, -0.05) is 102 Å². The quantitative estimate of drug-likeness (QED) is 0.254. The van der Waals surface area contributed by atoms with E-state index in [1.54, 1.807) is 12.1 Å². The smallest absolute Gasteiger partial charge is 0.366 e. The van der Waals surface area contributed by atoms with Gasteiger partial charge in [-0.05, 0) is 42.2 Å². The van der Waals surface area contributed by atoms with Crippen molar-refractivity contribution in [2.75, 3.05) is 5.32 Å². The van der Waals surface area contributed by atoms with E-state index in [1.165, 1.54) is 6.42 Å². The Kier molecular flexibility index (Phi) is 7.01. The van der Waals surface area contributed by atoms with Gasteiger partial charge in [-0.2, -0.15) is 0 Å². The Labute approximate surface area is 234 Å². The molecule has 4 aromatic carbocycles. The van der Waals surface area contributed by atoms with E-state index in [-0.39, 0.29) is 16.5 Å². The Morgan fingerprint density at radius 1 is 0.800 bits per heavy atom. The summed E-state index contributed by atoms with van der Waals surface area (Å²) in [5.41, 5.74) is 12.5. The van der Waals surface area contributed by atoms with Crippen LogP contribution in [0.4, 0.5) is 16.2 Å². The molecule has 1 heterocycles. The van der Waals surface area contributed by atoms with Crippen molar-refractivity contribution in [3.63, 3.8) is 0 Å². The van der Waals surface area contributed by atoms with E-state index in [0.717, 1.165) is 59.3 Å². The van der Waals surface area contributed by atoms with Gasteiger partial charge in [0.2, 0.25) is 5.91 Å². The molecule has 0 radical (unpaired) electrons. The Morgan fingerprint density at radius 2 is 1.45 bits per heavy atom. The van der Waals surface area contributed by atoms with Crippen LogP contribution in [-0.2, 0) is 6.54 Å². The fourth-order valence-electron chi connectivity index (χ4n) is 6.03. The zero-order valence-electron chi connectivity index (χ0n) is 22.4. The minimum absolute atomic E-state index is 0.243. The van der Waals surface area contributed by atoms with Crippen molar-refractivity contribution in [2.45, 2.75) is 38.6 Å². The average Bonchev–Trinajstić information content (AvgIpc) is 3.13. The summed E-state index contributed by atoms with van der Waals surface area (Å²) >= 11 is 0. The molecule has 2 aliphatic rings. The highest BCUT2D eigenvalue weighted by atomic mass is 16.2. The number of amides is 3. The summed E-state index contributed by atoms with van der Waals surface area (Å²) in [6.45, 7) is 0.303. The lowest BCUT2D eigenvalue weighted by molar-refractivity contribution is 0.1000. The number of benzene rings is 4. The first-order valence-electron chi connectivity index (χ1n) is 14.0. The number of urea groups is 1. The fourth-order valence-corrected chi connectivity index (χ4v) is 6.03. The van der Waals surface area contributed by atoms with Crippen LogP contribution in [0.25, 0.3) is 11.1 Å². The van der Waals surface area contributed by atoms with Crippen LogP contribution >= 0.6 is 0 Å². The van der Waals surface area contributed by atoms with E-state index in [0.29, 0.717) is 17.8 Å². The van der Waals surface area contributed by atoms with Gasteiger partial charge in [-0.15, -0.1) is 0 Å². The second-order valence-corrected chi connectivity index (χ2v) is 10.7. The number of para-hydroxylation sites is 1. The summed E-state index contributed by atoms with van der Waals surface area (Å²) in [5, 5.41) is 8.68. The van der Waals surface area contributed by atoms with Crippen LogP contribution in [0.5, 0.6) is 0 Å². The summed E-state index contributed by atoms with van der Waals surface area (Å²) in [5.74, 6) is -0.249. The zero-order chi connectivity index (χ0) is 27.5. The molecule has 6 nitrogen and oxygen atoms in total. The number of anilines is 1. The van der Waals surface area contributed by atoms with E-state index in [4.69, 9.17) is 10.8 Å². The first kappa shape index (κ1) is 25.7. The average molecular weight is 530 g/mol. The lowest BCUT2D eigenvalue weighted by Crippen LogP contribution is -2.51. The third kappa shape index (κ3) is 4.82. The normalized spacial score (nSPS) is 19.2. The molecule has 3 amide bonds. The van der Waals surface area contributed by atoms with E-state index in [1.807, 2.05) is 60.7 Å². The highest BCUT2D eigenvalue weighted by Gasteiger charge is 2.45. The summed E-state index contributed by atoms with van der Waals surface area (Å²) in [6, 6.07) is 33.1. The van der Waals surface area contributed by atoms with Crippen molar-refractivity contribution < 1.29 is 9.59 Å². The number of fused-ring (bicyclic) bond motifs is 1. The number of nitrogens with zero attached hydrogens (tertiary/aromatic N) is 2. The molecule has 0 spiro atoms. The molecule has 6 heteroatoms. The van der Waals surface area contributed by atoms with Crippen LogP contribution in [0.3, 0.4) is 0 Å². The summed E-state index contributed by atoms with van der Waals surface area (Å²) < 4.78 is -0.302. The molecule has 0 saturated heterocycles. The second-order valence-electron chi connectivity index (χ2n) is 10.7. The molecule has 6 rings (SSSR count). The molecule has 200 valence electrons. The monoisotopic (exact) mass is 529 g/mol. The van der Waals surface area contributed by atoms with Gasteiger partial charge in [0.1, 0.15) is 12.3 Å². The number of rotatable bonds is 6. The van der Waals surface area contributed by atoms with Crippen LogP contribution < -0.4 is 15.6 Å². The van der Waals surface area contributed by atoms with Gasteiger partial charge in [0.15, 0.2) is 5.69 Å². The van der Waals surface area contributed by atoms with Crippen LogP contribution in [-0.4, -0.2) is 17.6 Å². The van der Waals surface area contributed by atoms with E-state index in [9.17, 15) is 9.59 Å². The number of hydrogen-bond acceptors (Lipinski definition) is 3. The van der Waals surface area contributed by atoms with Crippen molar-refractivity contribution in [1.29, 1.82) is 0 Å². The van der Waals surface area contributed by atoms with Crippen LogP contribution in [0, 0.1) is 5.92 Å². The third-order valence-corrected chi connectivity index (χ3v) is 8.13. The number of primary amides is 1. The Bertz CT molecular complexity index is 1570. The minimum atomic E-state index is -0.508. The molecule has 1 aliphatic carbocycles. The molecular weight excluding hydrogens is 496 g/mol. The standard InChI is InChI=1S/C34H32N4O2/c35-33(39)26-19-21-28(22-20-26)38(23-27-15-7-8-16-29(27)24-11-3-1-4-12-24)34(40)36-31-18-10-9-17-30(31)32(37-38)25-13-5-2-6-14-25/h1,3-4,7-12,15-22,25H,2,5-6,13-14,23H2,(H2-,35,36,37,39,40)/p+1. The highest BCUT2D eigenvalue weighted by Crippen LogP contribution is 2.39. The first-order valence-corrected chi connectivity index (χ1v) is 14.0. The second kappa shape index (κ2) is 10.9. The van der Waals surface area contributed by atoms with Gasteiger partial charge in [0.05, 0.1) is 5.69 Å². The Balaban J connectivity index is 1.58. The largest absolute Gasteiger partial charge is 0.453 e. The topological polar surface area (TPSA) is 84.6 Å². The van der Waals surface area contributed by atoms with Crippen LogP contribution in [0.1, 0.15) is 53.6 Å². The molecule has 4 aromatic rings. The lowest BCUT2D eigenvalue weighted by Gasteiger charge is -2.30. The highest BCUT2D eigenvalue weighted by molar-refractivity contribution is 6.13. The number of hydrogen-bond donors (Lipinski definition) is 2. The predicted molar refractivity (Wildman–Crippen MR) is 161 cm³/mol. The van der Waals surface area contributed by atoms with Gasteiger partial charge in [0, 0.05) is 34.7 Å². The number of nitrogens with one attached hydrogen (secondary N) is 1. The number of carbonyl (C=O) groups is 2. The molecule has 0 bridgehead atoms. The van der Waals surface area contributed by atoms with E-state index < -0.39 is 5.91 Å². The minimum Gasteiger partial charge on any atom is -0.366 e. The third-order valence-electron chi connectivity index (χ3n) is 8.13. The summed E-state index contributed by atoms with van der Waals surface area (Å²) in [7, 11) is 0. The summed E-state index contributed by atoms with van der Waals surface area (Å²) in [6.07, 6.45) is 5.61. The molecule has 1 aliphatic heterocycles. The number of nitrogens with two attached hydrogens (primary N) is 1. The molecule has 3 N–H and O–H groups in total. The maximum absolute atomic E-state index is 14.5.